The summed E-state index contributed by atoms with van der Waals surface area (Å²) < 4.78 is 5.25. The summed E-state index contributed by atoms with van der Waals surface area (Å²) in [5.41, 5.74) is 3.48. The van der Waals surface area contributed by atoms with Crippen LogP contribution in [0.15, 0.2) is 42.5 Å². The monoisotopic (exact) mass is 382 g/mol. The fourth-order valence-electron chi connectivity index (χ4n) is 3.50. The van der Waals surface area contributed by atoms with Crippen molar-refractivity contribution in [3.05, 3.63) is 64.7 Å². The van der Waals surface area contributed by atoms with E-state index in [4.69, 9.17) is 4.74 Å². The first-order valence-corrected chi connectivity index (χ1v) is 10.0. The first-order valence-electron chi connectivity index (χ1n) is 10.0. The van der Waals surface area contributed by atoms with E-state index in [2.05, 4.69) is 53.7 Å². The second kappa shape index (κ2) is 8.38. The quantitative estimate of drug-likeness (QED) is 0.638. The van der Waals surface area contributed by atoms with Gasteiger partial charge < -0.3 is 9.84 Å². The maximum atomic E-state index is 12.4. The summed E-state index contributed by atoms with van der Waals surface area (Å²) >= 11 is 0. The second-order valence-electron chi connectivity index (χ2n) is 9.44. The number of carbonyl (C=O) groups excluding carboxylic acids is 1. The Bertz CT molecular complexity index is 773. The summed E-state index contributed by atoms with van der Waals surface area (Å²) in [7, 11) is 0. The Hall–Kier alpha value is -2.29. The number of phenols is 1. The molecule has 0 aliphatic heterocycles. The lowest BCUT2D eigenvalue weighted by molar-refractivity contribution is -0.143. The summed E-state index contributed by atoms with van der Waals surface area (Å²) in [6.07, 6.45) is 0.274. The zero-order valence-corrected chi connectivity index (χ0v) is 18.3. The predicted octanol–water partition coefficient (Wildman–Crippen LogP) is 6.07. The zero-order chi connectivity index (χ0) is 21.1. The maximum absolute atomic E-state index is 12.4. The van der Waals surface area contributed by atoms with E-state index in [0.717, 1.165) is 22.3 Å². The number of benzene rings is 2. The van der Waals surface area contributed by atoms with Crippen LogP contribution < -0.4 is 0 Å². The van der Waals surface area contributed by atoms with Gasteiger partial charge in [0.1, 0.15) is 5.75 Å². The van der Waals surface area contributed by atoms with Gasteiger partial charge in [-0.1, -0.05) is 84.0 Å². The summed E-state index contributed by atoms with van der Waals surface area (Å²) in [6, 6.07) is 14.2. The SMILES string of the molecule is CCOC(=O)C[C@H](c1ccccc1)c1cc(C(C)(C)C)c(O)c(C(C)(C)C)c1. The number of phenolic OH excluding ortho intramolecular Hbond substituents is 1. The highest BCUT2D eigenvalue weighted by Crippen LogP contribution is 2.42. The Morgan fingerprint density at radius 3 is 1.86 bits per heavy atom. The van der Waals surface area contributed by atoms with Gasteiger partial charge >= 0.3 is 5.97 Å². The van der Waals surface area contributed by atoms with E-state index in [-0.39, 0.29) is 29.1 Å². The summed E-state index contributed by atoms with van der Waals surface area (Å²) in [5.74, 6) is 0.0220. The molecule has 28 heavy (non-hydrogen) atoms. The molecule has 0 aromatic heterocycles. The molecule has 0 spiro atoms. The molecular formula is C25H34O3. The molecule has 1 N–H and O–H groups in total. The van der Waals surface area contributed by atoms with Crippen LogP contribution in [0.25, 0.3) is 0 Å². The van der Waals surface area contributed by atoms with Crippen molar-refractivity contribution >= 4 is 5.97 Å². The number of rotatable bonds is 5. The van der Waals surface area contributed by atoms with E-state index in [9.17, 15) is 9.90 Å². The molecule has 0 unspecified atom stereocenters. The van der Waals surface area contributed by atoms with E-state index in [1.54, 1.807) is 0 Å². The third kappa shape index (κ3) is 5.15. The van der Waals surface area contributed by atoms with Gasteiger partial charge in [0.25, 0.3) is 0 Å². The van der Waals surface area contributed by atoms with Gasteiger partial charge in [0, 0.05) is 5.92 Å². The van der Waals surface area contributed by atoms with Crippen LogP contribution in [0, 0.1) is 0 Å². The molecule has 0 aliphatic carbocycles. The Morgan fingerprint density at radius 1 is 0.929 bits per heavy atom. The molecular weight excluding hydrogens is 348 g/mol. The molecule has 0 fully saturated rings. The van der Waals surface area contributed by atoms with Gasteiger partial charge in [0.05, 0.1) is 13.0 Å². The normalized spacial score (nSPS) is 13.2. The highest BCUT2D eigenvalue weighted by atomic mass is 16.5. The van der Waals surface area contributed by atoms with E-state index in [1.165, 1.54) is 0 Å². The molecule has 0 radical (unpaired) electrons. The van der Waals surface area contributed by atoms with E-state index >= 15 is 0 Å². The molecule has 0 heterocycles. The van der Waals surface area contributed by atoms with Crippen LogP contribution in [0.2, 0.25) is 0 Å². The van der Waals surface area contributed by atoms with Gasteiger partial charge in [-0.15, -0.1) is 0 Å². The van der Waals surface area contributed by atoms with E-state index in [1.807, 2.05) is 37.3 Å². The largest absolute Gasteiger partial charge is 0.507 e. The molecule has 2 rings (SSSR count). The molecule has 0 saturated heterocycles. The van der Waals surface area contributed by atoms with Crippen LogP contribution in [0.3, 0.4) is 0 Å². The minimum atomic E-state index is -0.217. The smallest absolute Gasteiger partial charge is 0.306 e. The summed E-state index contributed by atoms with van der Waals surface area (Å²) in [6.45, 7) is 14.8. The summed E-state index contributed by atoms with van der Waals surface area (Å²) in [5, 5.41) is 11.0. The Morgan fingerprint density at radius 2 is 1.43 bits per heavy atom. The lowest BCUT2D eigenvalue weighted by Crippen LogP contribution is -2.19. The number of carbonyl (C=O) groups is 1. The molecule has 152 valence electrons. The van der Waals surface area contributed by atoms with Crippen LogP contribution in [0.4, 0.5) is 0 Å². The van der Waals surface area contributed by atoms with Gasteiger partial charge in [-0.25, -0.2) is 0 Å². The third-order valence-electron chi connectivity index (χ3n) is 5.03. The average molecular weight is 383 g/mol. The number of esters is 1. The minimum absolute atomic E-state index is 0.122. The average Bonchev–Trinajstić information content (AvgIpc) is 2.59. The zero-order valence-electron chi connectivity index (χ0n) is 18.3. The lowest BCUT2D eigenvalue weighted by Gasteiger charge is -2.30. The highest BCUT2D eigenvalue weighted by molar-refractivity contribution is 5.71. The standard InChI is InChI=1S/C25H34O3/c1-8-28-22(26)16-19(17-12-10-9-11-13-17)18-14-20(24(2,3)4)23(27)21(15-18)25(5,6)7/h9-15,19,27H,8,16H2,1-7H3/t19-/m1/s1. The number of ether oxygens (including phenoxy) is 1. The van der Waals surface area contributed by atoms with Crippen molar-refractivity contribution in [3.63, 3.8) is 0 Å². The van der Waals surface area contributed by atoms with Crippen molar-refractivity contribution in [3.8, 4) is 5.75 Å². The summed E-state index contributed by atoms with van der Waals surface area (Å²) in [4.78, 5) is 12.4. The van der Waals surface area contributed by atoms with E-state index < -0.39 is 0 Å². The Balaban J connectivity index is 2.69. The predicted molar refractivity (Wildman–Crippen MR) is 115 cm³/mol. The van der Waals surface area contributed by atoms with Crippen molar-refractivity contribution in [2.45, 2.75) is 71.6 Å². The van der Waals surface area contributed by atoms with Gasteiger partial charge in [-0.3, -0.25) is 4.79 Å². The molecule has 0 amide bonds. The third-order valence-corrected chi connectivity index (χ3v) is 5.03. The molecule has 0 saturated carbocycles. The minimum Gasteiger partial charge on any atom is -0.507 e. The highest BCUT2D eigenvalue weighted by Gasteiger charge is 2.29. The van der Waals surface area contributed by atoms with Gasteiger partial charge in [-0.2, -0.15) is 0 Å². The molecule has 1 atom stereocenters. The first-order chi connectivity index (χ1) is 12.9. The van der Waals surface area contributed by atoms with Crippen molar-refractivity contribution in [1.29, 1.82) is 0 Å². The van der Waals surface area contributed by atoms with Gasteiger partial charge in [0.2, 0.25) is 0 Å². The maximum Gasteiger partial charge on any atom is 0.306 e. The number of aromatic hydroxyl groups is 1. The second-order valence-corrected chi connectivity index (χ2v) is 9.44. The van der Waals surface area contributed by atoms with Crippen molar-refractivity contribution in [1.82, 2.24) is 0 Å². The lowest BCUT2D eigenvalue weighted by atomic mass is 9.76. The Kier molecular flexibility index (Phi) is 6.59. The topological polar surface area (TPSA) is 46.5 Å². The molecule has 3 heteroatoms. The molecule has 0 aliphatic rings. The van der Waals surface area contributed by atoms with Crippen LogP contribution in [0.1, 0.15) is 83.1 Å². The fourth-order valence-corrected chi connectivity index (χ4v) is 3.50. The van der Waals surface area contributed by atoms with Crippen molar-refractivity contribution < 1.29 is 14.6 Å². The fraction of sp³-hybridized carbons (Fsp3) is 0.480. The van der Waals surface area contributed by atoms with Crippen LogP contribution in [-0.2, 0) is 20.4 Å². The number of hydrogen-bond donors (Lipinski definition) is 1. The molecule has 0 bridgehead atoms. The van der Waals surface area contributed by atoms with Crippen LogP contribution in [-0.4, -0.2) is 17.7 Å². The first kappa shape index (κ1) is 22.0. The van der Waals surface area contributed by atoms with Crippen LogP contribution >= 0.6 is 0 Å². The van der Waals surface area contributed by atoms with Gasteiger partial charge in [-0.05, 0) is 40.0 Å². The molecule has 2 aromatic rings. The molecule has 3 nitrogen and oxygen atoms in total. The van der Waals surface area contributed by atoms with Crippen LogP contribution in [0.5, 0.6) is 5.75 Å². The van der Waals surface area contributed by atoms with Crippen molar-refractivity contribution in [2.24, 2.45) is 0 Å². The Labute approximate surface area is 169 Å². The molecule has 2 aromatic carbocycles. The van der Waals surface area contributed by atoms with Crippen molar-refractivity contribution in [2.75, 3.05) is 6.61 Å². The number of hydrogen-bond acceptors (Lipinski definition) is 3. The van der Waals surface area contributed by atoms with Gasteiger partial charge in [0.15, 0.2) is 0 Å². The van der Waals surface area contributed by atoms with E-state index in [0.29, 0.717) is 12.4 Å².